The molecule has 0 amide bonds. The van der Waals surface area contributed by atoms with Crippen LogP contribution in [0.4, 0.5) is 0 Å². The summed E-state index contributed by atoms with van der Waals surface area (Å²) in [5.74, 6) is 1.20. The average Bonchev–Trinajstić information content (AvgIpc) is 2.77. The molecule has 0 bridgehead atoms. The van der Waals surface area contributed by atoms with Crippen molar-refractivity contribution in [1.82, 2.24) is 0 Å². The molecule has 30 heavy (non-hydrogen) atoms. The maximum Gasteiger partial charge on any atom is 0.333 e. The molecule has 1 aliphatic carbocycles. The highest BCUT2D eigenvalue weighted by Crippen LogP contribution is 2.38. The van der Waals surface area contributed by atoms with Crippen molar-refractivity contribution in [3.63, 3.8) is 0 Å². The summed E-state index contributed by atoms with van der Waals surface area (Å²) in [6.07, 6.45) is 11.3. The number of carbonyl (C=O) groups excluding carboxylic acids is 1. The molecule has 1 atom stereocenters. The van der Waals surface area contributed by atoms with E-state index in [1.165, 1.54) is 56.9 Å². The van der Waals surface area contributed by atoms with Crippen LogP contribution in [0.1, 0.15) is 94.6 Å². The number of esters is 1. The van der Waals surface area contributed by atoms with Crippen LogP contribution in [-0.4, -0.2) is 24.3 Å². The second-order valence-corrected chi connectivity index (χ2v) is 9.07. The van der Waals surface area contributed by atoms with E-state index in [0.717, 1.165) is 17.1 Å². The molecule has 1 fully saturated rings. The lowest BCUT2D eigenvalue weighted by Gasteiger charge is -2.29. The molecule has 0 aliphatic heterocycles. The van der Waals surface area contributed by atoms with E-state index in [2.05, 4.69) is 44.3 Å². The van der Waals surface area contributed by atoms with Gasteiger partial charge in [-0.2, -0.15) is 0 Å². The van der Waals surface area contributed by atoms with Crippen LogP contribution in [-0.2, 0) is 9.53 Å². The van der Waals surface area contributed by atoms with E-state index in [1.54, 1.807) is 6.92 Å². The molecule has 3 heteroatoms. The summed E-state index contributed by atoms with van der Waals surface area (Å²) >= 11 is 0. The molecule has 166 valence electrons. The summed E-state index contributed by atoms with van der Waals surface area (Å²) in [7, 11) is 0. The van der Waals surface area contributed by atoms with E-state index >= 15 is 0 Å². The summed E-state index contributed by atoms with van der Waals surface area (Å²) in [4.78, 5) is 11.8. The monoisotopic (exact) mass is 412 g/mol. The van der Waals surface area contributed by atoms with Gasteiger partial charge in [-0.3, -0.25) is 0 Å². The summed E-state index contributed by atoms with van der Waals surface area (Å²) in [6.45, 7) is 11.7. The Morgan fingerprint density at radius 2 is 1.80 bits per heavy atom. The zero-order valence-corrected chi connectivity index (χ0v) is 19.0. The fraction of sp³-hybridized carbons (Fsp3) is 0.593. The van der Waals surface area contributed by atoms with Crippen LogP contribution in [0.3, 0.4) is 0 Å². The third-order valence-corrected chi connectivity index (χ3v) is 6.46. The fourth-order valence-electron chi connectivity index (χ4n) is 4.49. The molecule has 1 unspecified atom stereocenters. The number of hydrogen-bond acceptors (Lipinski definition) is 3. The smallest absolute Gasteiger partial charge is 0.333 e. The van der Waals surface area contributed by atoms with Crippen molar-refractivity contribution in [2.24, 2.45) is 5.92 Å². The number of aliphatic hydroxyl groups is 1. The minimum atomic E-state index is -0.373. The van der Waals surface area contributed by atoms with Crippen molar-refractivity contribution < 1.29 is 14.6 Å². The first-order valence-corrected chi connectivity index (χ1v) is 11.6. The number of rotatable bonds is 12. The van der Waals surface area contributed by atoms with E-state index in [0.29, 0.717) is 17.9 Å². The largest absolute Gasteiger partial charge is 0.462 e. The van der Waals surface area contributed by atoms with Crippen LogP contribution in [0, 0.1) is 5.92 Å². The van der Waals surface area contributed by atoms with E-state index < -0.39 is 0 Å². The zero-order chi connectivity index (χ0) is 21.9. The quantitative estimate of drug-likeness (QED) is 0.180. The van der Waals surface area contributed by atoms with Gasteiger partial charge in [0.25, 0.3) is 0 Å². The van der Waals surface area contributed by atoms with Crippen LogP contribution in [0.15, 0.2) is 48.6 Å². The Morgan fingerprint density at radius 1 is 1.13 bits per heavy atom. The molecule has 1 saturated carbocycles. The van der Waals surface area contributed by atoms with Gasteiger partial charge in [-0.05, 0) is 62.0 Å². The molecule has 3 nitrogen and oxygen atoms in total. The van der Waals surface area contributed by atoms with Gasteiger partial charge in [0.1, 0.15) is 0 Å². The van der Waals surface area contributed by atoms with Crippen LogP contribution < -0.4 is 0 Å². The predicted molar refractivity (Wildman–Crippen MR) is 125 cm³/mol. The molecule has 1 N–H and O–H groups in total. The maximum atomic E-state index is 11.8. The lowest BCUT2D eigenvalue weighted by atomic mass is 9.76. The minimum absolute atomic E-state index is 0.00342. The molecule has 0 heterocycles. The van der Waals surface area contributed by atoms with E-state index in [4.69, 9.17) is 4.74 Å². The van der Waals surface area contributed by atoms with Gasteiger partial charge in [0, 0.05) is 11.5 Å². The molecular formula is C27H40O3. The topological polar surface area (TPSA) is 46.5 Å². The van der Waals surface area contributed by atoms with Crippen molar-refractivity contribution in [2.75, 3.05) is 13.2 Å². The fourth-order valence-corrected chi connectivity index (χ4v) is 4.49. The second-order valence-electron chi connectivity index (χ2n) is 9.07. The molecule has 0 aromatic heterocycles. The Bertz CT molecular complexity index is 681. The van der Waals surface area contributed by atoms with Crippen LogP contribution >= 0.6 is 0 Å². The SMILES string of the molecule is C=C(CO)CC(COC(=O)C(=C)C)c1ccc(C2CCC(CCCCC)CC2)cc1. The lowest BCUT2D eigenvalue weighted by Crippen LogP contribution is -2.15. The summed E-state index contributed by atoms with van der Waals surface area (Å²) in [5.41, 5.74) is 3.69. The Kier molecular flexibility index (Phi) is 10.4. The molecule has 1 aromatic rings. The van der Waals surface area contributed by atoms with Gasteiger partial charge in [0.15, 0.2) is 0 Å². The number of hydrogen-bond donors (Lipinski definition) is 1. The Labute approximate surface area is 183 Å². The van der Waals surface area contributed by atoms with Crippen molar-refractivity contribution in [3.05, 3.63) is 59.7 Å². The standard InChI is InChI=1S/C27H40O3/c1-5-6-7-8-22-9-11-23(12-10-22)24-13-15-25(16-14-24)26(17-21(4)18-28)19-30-27(29)20(2)3/h13-16,22-23,26,28H,2,4-12,17-19H2,1,3H3. The normalized spacial score (nSPS) is 19.8. The molecule has 0 spiro atoms. The molecule has 1 aromatic carbocycles. The van der Waals surface area contributed by atoms with E-state index in [-0.39, 0.29) is 25.1 Å². The number of unbranched alkanes of at least 4 members (excludes halogenated alkanes) is 2. The van der Waals surface area contributed by atoms with Crippen LogP contribution in [0.25, 0.3) is 0 Å². The summed E-state index contributed by atoms with van der Waals surface area (Å²) in [5, 5.41) is 9.38. The number of ether oxygens (including phenoxy) is 1. The lowest BCUT2D eigenvalue weighted by molar-refractivity contribution is -0.139. The Morgan fingerprint density at radius 3 is 2.37 bits per heavy atom. The van der Waals surface area contributed by atoms with Gasteiger partial charge in [-0.25, -0.2) is 4.79 Å². The minimum Gasteiger partial charge on any atom is -0.462 e. The zero-order valence-electron chi connectivity index (χ0n) is 19.0. The van der Waals surface area contributed by atoms with Crippen LogP contribution in [0.5, 0.6) is 0 Å². The van der Waals surface area contributed by atoms with Crippen molar-refractivity contribution in [3.8, 4) is 0 Å². The van der Waals surface area contributed by atoms with Crippen molar-refractivity contribution >= 4 is 5.97 Å². The van der Waals surface area contributed by atoms with Gasteiger partial charge >= 0.3 is 5.97 Å². The van der Waals surface area contributed by atoms with Crippen molar-refractivity contribution in [1.29, 1.82) is 0 Å². The molecule has 0 radical (unpaired) electrons. The van der Waals surface area contributed by atoms with Crippen molar-refractivity contribution in [2.45, 2.75) is 83.5 Å². The highest BCUT2D eigenvalue weighted by atomic mass is 16.5. The first kappa shape index (κ1) is 24.4. The molecule has 1 aliphatic rings. The number of carbonyl (C=O) groups is 1. The van der Waals surface area contributed by atoms with E-state index in [9.17, 15) is 9.90 Å². The third-order valence-electron chi connectivity index (χ3n) is 6.46. The molecule has 2 rings (SSSR count). The van der Waals surface area contributed by atoms with E-state index in [1.807, 2.05) is 0 Å². The Balaban J connectivity index is 1.96. The molecule has 0 saturated heterocycles. The first-order chi connectivity index (χ1) is 14.4. The second kappa shape index (κ2) is 12.7. The predicted octanol–water partition coefficient (Wildman–Crippen LogP) is 6.68. The molecular weight excluding hydrogens is 372 g/mol. The van der Waals surface area contributed by atoms with Crippen LogP contribution in [0.2, 0.25) is 0 Å². The average molecular weight is 413 g/mol. The summed E-state index contributed by atoms with van der Waals surface area (Å²) < 4.78 is 5.40. The third kappa shape index (κ3) is 7.75. The number of aliphatic hydroxyl groups excluding tert-OH is 1. The first-order valence-electron chi connectivity index (χ1n) is 11.6. The summed E-state index contributed by atoms with van der Waals surface area (Å²) in [6, 6.07) is 8.80. The number of benzene rings is 1. The Hall–Kier alpha value is -1.87. The highest BCUT2D eigenvalue weighted by molar-refractivity contribution is 5.86. The maximum absolute atomic E-state index is 11.8. The van der Waals surface area contributed by atoms with Gasteiger partial charge in [-0.1, -0.05) is 75.6 Å². The van der Waals surface area contributed by atoms with Gasteiger partial charge in [0.05, 0.1) is 13.2 Å². The van der Waals surface area contributed by atoms with Gasteiger partial charge in [-0.15, -0.1) is 0 Å². The van der Waals surface area contributed by atoms with Gasteiger partial charge in [0.2, 0.25) is 0 Å². The highest BCUT2D eigenvalue weighted by Gasteiger charge is 2.23. The van der Waals surface area contributed by atoms with Gasteiger partial charge < -0.3 is 9.84 Å².